The maximum absolute atomic E-state index is 11.4. The quantitative estimate of drug-likeness (QED) is 0.164. The summed E-state index contributed by atoms with van der Waals surface area (Å²) in [6.45, 7) is 7.45. The number of aliphatic hydroxyl groups excluding tert-OH is 2. The zero-order valence-electron chi connectivity index (χ0n) is 13.8. The molecule has 2 rings (SSSR count). The molecule has 1 spiro atoms. The summed E-state index contributed by atoms with van der Waals surface area (Å²) in [4.78, 5) is 21.5. The monoisotopic (exact) mass is 503 g/mol. The summed E-state index contributed by atoms with van der Waals surface area (Å²) in [5.41, 5.74) is -2.43. The smallest absolute Gasteiger partial charge is 0.249 e. The molecule has 9 heteroatoms. The van der Waals surface area contributed by atoms with Crippen molar-refractivity contribution in [1.82, 2.24) is 5.06 Å². The van der Waals surface area contributed by atoms with Crippen LogP contribution in [0.1, 0.15) is 40.5 Å². The summed E-state index contributed by atoms with van der Waals surface area (Å²) < 4.78 is 0. The molecule has 0 radical (unpaired) electrons. The van der Waals surface area contributed by atoms with E-state index in [0.717, 1.165) is 6.42 Å². The Kier molecular flexibility index (Phi) is 6.78. The first-order valence-corrected chi connectivity index (χ1v) is 7.58. The maximum Gasteiger partial charge on any atom is 0.249 e. The van der Waals surface area contributed by atoms with Crippen molar-refractivity contribution < 1.29 is 56.1 Å². The molecule has 1 unspecified atom stereocenters. The first-order valence-electron chi connectivity index (χ1n) is 7.58. The second-order valence-electron chi connectivity index (χ2n) is 6.50. The average Bonchev–Trinajstić information content (AvgIpc) is 2.51. The summed E-state index contributed by atoms with van der Waals surface area (Å²) >= 11 is 0. The van der Waals surface area contributed by atoms with Crippen molar-refractivity contribution >= 4 is 5.91 Å². The van der Waals surface area contributed by atoms with Crippen LogP contribution in [0.4, 0.5) is 0 Å². The molecule has 23 heavy (non-hydrogen) atoms. The number of hydroxylamine groups is 2. The second-order valence-corrected chi connectivity index (χ2v) is 6.50. The van der Waals surface area contributed by atoms with Gasteiger partial charge in [0.2, 0.25) is 5.91 Å². The molecule has 0 aromatic rings. The molecule has 2 aliphatic rings. The van der Waals surface area contributed by atoms with E-state index in [0.29, 0.717) is 11.7 Å². The number of rotatable bonds is 5. The molecule has 134 valence electrons. The van der Waals surface area contributed by atoms with Crippen molar-refractivity contribution in [3.05, 3.63) is 0 Å². The average molecular weight is 503 g/mol. The van der Waals surface area contributed by atoms with Gasteiger partial charge in [-0.05, 0) is 25.2 Å². The van der Waals surface area contributed by atoms with E-state index in [9.17, 15) is 20.2 Å². The van der Waals surface area contributed by atoms with E-state index in [-0.39, 0.29) is 39.3 Å². The van der Waals surface area contributed by atoms with Crippen LogP contribution in [0.3, 0.4) is 0 Å². The van der Waals surface area contributed by atoms with Gasteiger partial charge in [0.15, 0.2) is 0 Å². The van der Waals surface area contributed by atoms with Gasteiger partial charge in [-0.15, -0.1) is 0 Å². The minimum Gasteiger partial charge on any atom is -0.388 e. The maximum atomic E-state index is 11.4. The van der Waals surface area contributed by atoms with Gasteiger partial charge in [0.25, 0.3) is 0 Å². The molecule has 8 nitrogen and oxygen atoms in total. The van der Waals surface area contributed by atoms with Crippen molar-refractivity contribution in [3.8, 4) is 0 Å². The first-order chi connectivity index (χ1) is 10.2. The second kappa shape index (κ2) is 7.43. The predicted octanol–water partition coefficient (Wildman–Crippen LogP) is 0.400. The molecule has 0 aromatic heterocycles. The fourth-order valence-corrected chi connectivity index (χ4v) is 3.51. The summed E-state index contributed by atoms with van der Waals surface area (Å²) in [5, 5.41) is 36.1. The van der Waals surface area contributed by atoms with Gasteiger partial charge >= 0.3 is 0 Å². The van der Waals surface area contributed by atoms with E-state index < -0.39 is 29.3 Å². The molecule has 3 N–H and O–H groups in total. The summed E-state index contributed by atoms with van der Waals surface area (Å²) in [6.07, 6.45) is -1.99. The Hall–Kier alpha value is -0.0817. The molecule has 1 aliphatic carbocycles. The largest absolute Gasteiger partial charge is 0.388 e. The van der Waals surface area contributed by atoms with Gasteiger partial charge < -0.3 is 10.2 Å². The molecule has 1 heterocycles. The Morgan fingerprint density at radius 2 is 1.87 bits per heavy atom. The zero-order valence-corrected chi connectivity index (χ0v) is 16.7. The van der Waals surface area contributed by atoms with E-state index in [1.165, 1.54) is 0 Å². The number of β-lactam (4-membered cyclic amide) rings is 1. The van der Waals surface area contributed by atoms with Crippen molar-refractivity contribution in [3.63, 3.8) is 0 Å². The van der Waals surface area contributed by atoms with Crippen LogP contribution >= 0.6 is 0 Å². The van der Waals surface area contributed by atoms with Crippen molar-refractivity contribution in [2.45, 2.75) is 63.9 Å². The molecule has 0 bridgehead atoms. The number of carbonyl (C=O) groups is 1. The van der Waals surface area contributed by atoms with Gasteiger partial charge in [-0.1, -0.05) is 25.8 Å². The van der Waals surface area contributed by atoms with Crippen molar-refractivity contribution in [2.24, 2.45) is 11.8 Å². The van der Waals surface area contributed by atoms with Crippen LogP contribution in [0.25, 0.3) is 0 Å². The molecule has 0 aromatic carbocycles. The predicted molar refractivity (Wildman–Crippen MR) is 73.1 cm³/mol. The minimum absolute atomic E-state index is 0. The third-order valence-electron chi connectivity index (χ3n) is 5.46. The molecule has 1 saturated carbocycles. The van der Waals surface area contributed by atoms with Crippen LogP contribution < -0.4 is 0 Å². The first kappa shape index (κ1) is 21.0. The number of nitrogens with zero attached hydrogens (tertiary/aromatic N) is 1. The van der Waals surface area contributed by atoms with Crippen molar-refractivity contribution in [2.75, 3.05) is 6.61 Å². The topological polar surface area (TPSA) is 109 Å². The van der Waals surface area contributed by atoms with Gasteiger partial charge in [-0.25, -0.2) is 9.95 Å². The van der Waals surface area contributed by atoms with E-state index in [4.69, 9.17) is 14.8 Å². The van der Waals surface area contributed by atoms with Crippen LogP contribution in [0, 0.1) is 11.8 Å². The minimum atomic E-state index is -1.36. The number of amides is 1. The molecule has 1 saturated heterocycles. The standard InChI is InChI=1S/C14H25NO7.W/c1-5-6-20-22-21-13(4)8(2)9(3)14(12(18)11(13)17)7-10(16)15(14)19;/h8-9,11-12,17-19H,5-7H2,1-4H3;/t8-,9+,11+,12-,13-,14?;/m0./s1. The number of aliphatic hydroxyl groups is 2. The SMILES string of the molecule is CCCOOO[C@]1(C)[C@H](O)[C@H](O)C2(CC(=O)N2O)[C@H](C)[C@@H]1C.[W]. The van der Waals surface area contributed by atoms with Gasteiger partial charge in [-0.2, -0.15) is 4.89 Å². The fraction of sp³-hybridized carbons (Fsp3) is 0.929. The molecule has 1 aliphatic heterocycles. The van der Waals surface area contributed by atoms with E-state index in [2.05, 4.69) is 0 Å². The Morgan fingerprint density at radius 3 is 2.35 bits per heavy atom. The van der Waals surface area contributed by atoms with E-state index >= 15 is 0 Å². The van der Waals surface area contributed by atoms with Crippen LogP contribution in [-0.2, 0) is 40.7 Å². The summed E-state index contributed by atoms with van der Waals surface area (Å²) in [7, 11) is 0. The normalized spacial score (nSPS) is 43.3. The molecular weight excluding hydrogens is 478 g/mol. The number of carbonyl (C=O) groups excluding carboxylic acids is 1. The van der Waals surface area contributed by atoms with Crippen LogP contribution in [-0.4, -0.2) is 56.3 Å². The third-order valence-corrected chi connectivity index (χ3v) is 5.46. The van der Waals surface area contributed by atoms with E-state index in [1.54, 1.807) is 20.8 Å². The Balaban J connectivity index is 0.00000264. The summed E-state index contributed by atoms with van der Waals surface area (Å²) in [6, 6.07) is 0. The van der Waals surface area contributed by atoms with Crippen molar-refractivity contribution in [1.29, 1.82) is 0 Å². The Labute approximate surface area is 149 Å². The summed E-state index contributed by atoms with van der Waals surface area (Å²) in [5.74, 6) is -1.12. The third kappa shape index (κ3) is 2.99. The fourth-order valence-electron chi connectivity index (χ4n) is 3.51. The molecule has 2 fully saturated rings. The van der Waals surface area contributed by atoms with Gasteiger partial charge in [0, 0.05) is 21.1 Å². The number of hydrogen-bond acceptors (Lipinski definition) is 7. The van der Waals surface area contributed by atoms with Gasteiger partial charge in [-0.3, -0.25) is 10.0 Å². The molecule has 1 amide bonds. The number of hydrogen-bond donors (Lipinski definition) is 3. The zero-order chi connectivity index (χ0) is 16.7. The van der Waals surface area contributed by atoms with E-state index in [1.807, 2.05) is 6.92 Å². The van der Waals surface area contributed by atoms with Crippen LogP contribution in [0.15, 0.2) is 0 Å². The van der Waals surface area contributed by atoms with Gasteiger partial charge in [0.05, 0.1) is 13.0 Å². The van der Waals surface area contributed by atoms with Gasteiger partial charge in [0.1, 0.15) is 23.3 Å². The van der Waals surface area contributed by atoms with Crippen LogP contribution in [0.5, 0.6) is 0 Å². The van der Waals surface area contributed by atoms with Crippen LogP contribution in [0.2, 0.25) is 0 Å². The molecule has 6 atom stereocenters. The Morgan fingerprint density at radius 1 is 1.26 bits per heavy atom. The molecular formula is C14H25NO7W. The Bertz CT molecular complexity index is 419.